The Morgan fingerprint density at radius 3 is 2.74 bits per heavy atom. The van der Waals surface area contributed by atoms with Gasteiger partial charge in [-0.15, -0.1) is 0 Å². The zero-order valence-corrected chi connectivity index (χ0v) is 13.4. The highest BCUT2D eigenvalue weighted by Gasteiger charge is 2.15. The van der Waals surface area contributed by atoms with E-state index < -0.39 is 11.7 Å². The highest BCUT2D eigenvalue weighted by atomic mass is 19.1. The highest BCUT2D eigenvalue weighted by Crippen LogP contribution is 2.20. The summed E-state index contributed by atoms with van der Waals surface area (Å²) in [7, 11) is 0. The fourth-order valence-electron chi connectivity index (χ4n) is 2.69. The van der Waals surface area contributed by atoms with Gasteiger partial charge in [-0.25, -0.2) is 4.39 Å². The van der Waals surface area contributed by atoms with Crippen LogP contribution in [0, 0.1) is 5.82 Å². The highest BCUT2D eigenvalue weighted by molar-refractivity contribution is 5.94. The number of allylic oxidation sites excluding steroid dienone is 1. The molecule has 2 N–H and O–H groups in total. The third kappa shape index (κ3) is 5.20. The van der Waals surface area contributed by atoms with E-state index in [1.54, 1.807) is 6.07 Å². The molecule has 23 heavy (non-hydrogen) atoms. The number of halogens is 1. The zero-order valence-electron chi connectivity index (χ0n) is 13.4. The molecule has 0 bridgehead atoms. The van der Waals surface area contributed by atoms with Crippen LogP contribution in [0.2, 0.25) is 0 Å². The second-order valence-electron chi connectivity index (χ2n) is 5.80. The summed E-state index contributed by atoms with van der Waals surface area (Å²) in [5, 5.41) is 5.51. The second kappa shape index (κ2) is 8.46. The quantitative estimate of drug-likeness (QED) is 0.792. The maximum atomic E-state index is 13.5. The van der Waals surface area contributed by atoms with E-state index in [4.69, 9.17) is 0 Å². The Morgan fingerprint density at radius 2 is 2.04 bits per heavy atom. The van der Waals surface area contributed by atoms with Crippen molar-refractivity contribution in [1.82, 2.24) is 10.6 Å². The molecule has 4 nitrogen and oxygen atoms in total. The fourth-order valence-corrected chi connectivity index (χ4v) is 2.69. The molecule has 2 amide bonds. The molecular formula is C18H23FN2O2. The molecule has 1 atom stereocenters. The van der Waals surface area contributed by atoms with E-state index >= 15 is 0 Å². The molecule has 0 spiro atoms. The Labute approximate surface area is 136 Å². The van der Waals surface area contributed by atoms with Crippen molar-refractivity contribution in [3.05, 3.63) is 47.3 Å². The number of carbonyl (C=O) groups is 2. The van der Waals surface area contributed by atoms with Crippen molar-refractivity contribution in [1.29, 1.82) is 0 Å². The van der Waals surface area contributed by atoms with E-state index in [1.165, 1.54) is 36.6 Å². The Balaban J connectivity index is 1.73. The lowest BCUT2D eigenvalue weighted by atomic mass is 9.95. The van der Waals surface area contributed by atoms with Gasteiger partial charge in [0.2, 0.25) is 5.91 Å². The molecule has 0 fully saturated rings. The minimum atomic E-state index is -0.563. The lowest BCUT2D eigenvalue weighted by Crippen LogP contribution is -2.37. The number of amides is 2. The summed E-state index contributed by atoms with van der Waals surface area (Å²) in [5.74, 6) is -1.18. The normalized spacial score (nSPS) is 15.5. The Hall–Kier alpha value is -2.17. The van der Waals surface area contributed by atoms with Crippen LogP contribution in [0.1, 0.15) is 49.4 Å². The third-order valence-corrected chi connectivity index (χ3v) is 4.02. The van der Waals surface area contributed by atoms with E-state index in [0.29, 0.717) is 0 Å². The van der Waals surface area contributed by atoms with Crippen molar-refractivity contribution >= 4 is 11.8 Å². The summed E-state index contributed by atoms with van der Waals surface area (Å²) >= 11 is 0. The van der Waals surface area contributed by atoms with Crippen LogP contribution in [0.3, 0.4) is 0 Å². The van der Waals surface area contributed by atoms with Crippen LogP contribution in [0.4, 0.5) is 4.39 Å². The van der Waals surface area contributed by atoms with Crippen LogP contribution in [0.15, 0.2) is 35.9 Å². The van der Waals surface area contributed by atoms with Gasteiger partial charge in [-0.3, -0.25) is 9.59 Å². The molecule has 0 saturated carbocycles. The minimum Gasteiger partial charge on any atom is -0.351 e. The van der Waals surface area contributed by atoms with Gasteiger partial charge < -0.3 is 10.6 Å². The average Bonchev–Trinajstić information content (AvgIpc) is 2.56. The molecule has 2 rings (SSSR count). The number of nitrogens with one attached hydrogen (secondary N) is 2. The van der Waals surface area contributed by atoms with E-state index in [-0.39, 0.29) is 30.5 Å². The number of hydrogen-bond donors (Lipinski definition) is 2. The molecule has 1 aromatic rings. The molecule has 0 saturated heterocycles. The summed E-state index contributed by atoms with van der Waals surface area (Å²) in [5.41, 5.74) is 1.27. The van der Waals surface area contributed by atoms with Gasteiger partial charge in [-0.05, 0) is 44.7 Å². The molecule has 0 radical (unpaired) electrons. The average molecular weight is 318 g/mol. The van der Waals surface area contributed by atoms with Crippen LogP contribution >= 0.6 is 0 Å². The second-order valence-corrected chi connectivity index (χ2v) is 5.80. The fraction of sp³-hybridized carbons (Fsp3) is 0.444. The molecular weight excluding hydrogens is 295 g/mol. The third-order valence-electron chi connectivity index (χ3n) is 4.02. The molecule has 1 aliphatic rings. The van der Waals surface area contributed by atoms with Crippen molar-refractivity contribution in [2.75, 3.05) is 6.54 Å². The summed E-state index contributed by atoms with van der Waals surface area (Å²) in [4.78, 5) is 23.7. The predicted molar refractivity (Wildman–Crippen MR) is 87.5 cm³/mol. The summed E-state index contributed by atoms with van der Waals surface area (Å²) in [6, 6.07) is 5.82. The first-order valence-electron chi connectivity index (χ1n) is 8.09. The lowest BCUT2D eigenvalue weighted by molar-refractivity contribution is -0.121. The molecule has 1 unspecified atom stereocenters. The summed E-state index contributed by atoms with van der Waals surface area (Å²) < 4.78 is 13.5. The topological polar surface area (TPSA) is 58.2 Å². The van der Waals surface area contributed by atoms with E-state index in [2.05, 4.69) is 16.7 Å². The van der Waals surface area contributed by atoms with Crippen molar-refractivity contribution in [2.24, 2.45) is 0 Å². The van der Waals surface area contributed by atoms with Gasteiger partial charge in [0.1, 0.15) is 5.82 Å². The van der Waals surface area contributed by atoms with Crippen LogP contribution in [-0.4, -0.2) is 24.4 Å². The Morgan fingerprint density at radius 1 is 1.26 bits per heavy atom. The first kappa shape index (κ1) is 17.2. The number of hydrogen-bond acceptors (Lipinski definition) is 2. The first-order chi connectivity index (χ1) is 11.1. The standard InChI is InChI=1S/C18H23FN2O2/c1-13(14-7-3-2-4-8-14)21-17(22)11-12-20-18(23)15-9-5-6-10-16(15)19/h5-7,9-10,13H,2-4,8,11-12H2,1H3,(H,20,23)(H,21,22). The van der Waals surface area contributed by atoms with E-state index in [9.17, 15) is 14.0 Å². The Bertz CT molecular complexity index is 598. The first-order valence-corrected chi connectivity index (χ1v) is 8.09. The van der Waals surface area contributed by atoms with Crippen molar-refractivity contribution < 1.29 is 14.0 Å². The van der Waals surface area contributed by atoms with Crippen LogP contribution in [0.5, 0.6) is 0 Å². The van der Waals surface area contributed by atoms with Crippen LogP contribution in [-0.2, 0) is 4.79 Å². The smallest absolute Gasteiger partial charge is 0.254 e. The lowest BCUT2D eigenvalue weighted by Gasteiger charge is -2.20. The molecule has 0 aliphatic heterocycles. The molecule has 1 aliphatic carbocycles. The zero-order chi connectivity index (χ0) is 16.7. The van der Waals surface area contributed by atoms with Gasteiger partial charge >= 0.3 is 0 Å². The van der Waals surface area contributed by atoms with Crippen LogP contribution < -0.4 is 10.6 Å². The van der Waals surface area contributed by atoms with Gasteiger partial charge in [0.25, 0.3) is 5.91 Å². The van der Waals surface area contributed by atoms with E-state index in [1.807, 2.05) is 6.92 Å². The molecule has 0 aromatic heterocycles. The largest absolute Gasteiger partial charge is 0.351 e. The number of rotatable bonds is 6. The van der Waals surface area contributed by atoms with Gasteiger partial charge in [0.15, 0.2) is 0 Å². The maximum Gasteiger partial charge on any atom is 0.254 e. The number of carbonyl (C=O) groups excluding carboxylic acids is 2. The predicted octanol–water partition coefficient (Wildman–Crippen LogP) is 2.95. The summed E-state index contributed by atoms with van der Waals surface area (Å²) in [6.07, 6.45) is 6.88. The van der Waals surface area contributed by atoms with Gasteiger partial charge in [0.05, 0.1) is 5.56 Å². The molecule has 5 heteroatoms. The van der Waals surface area contributed by atoms with E-state index in [0.717, 1.165) is 12.8 Å². The minimum absolute atomic E-state index is 0.00589. The van der Waals surface area contributed by atoms with Crippen LogP contribution in [0.25, 0.3) is 0 Å². The molecule has 1 aromatic carbocycles. The van der Waals surface area contributed by atoms with Gasteiger partial charge in [-0.2, -0.15) is 0 Å². The van der Waals surface area contributed by atoms with Crippen molar-refractivity contribution in [3.63, 3.8) is 0 Å². The maximum absolute atomic E-state index is 13.5. The van der Waals surface area contributed by atoms with Crippen molar-refractivity contribution in [3.8, 4) is 0 Å². The number of benzene rings is 1. The molecule has 0 heterocycles. The van der Waals surface area contributed by atoms with Gasteiger partial charge in [-0.1, -0.05) is 23.8 Å². The summed E-state index contributed by atoms with van der Waals surface area (Å²) in [6.45, 7) is 2.16. The molecule has 124 valence electrons. The van der Waals surface area contributed by atoms with Crippen molar-refractivity contribution in [2.45, 2.75) is 45.1 Å². The SMILES string of the molecule is CC(NC(=O)CCNC(=O)c1ccccc1F)C1=CCCCC1. The monoisotopic (exact) mass is 318 g/mol. The van der Waals surface area contributed by atoms with Gasteiger partial charge in [0, 0.05) is 19.0 Å². The Kier molecular flexibility index (Phi) is 6.32.